The van der Waals surface area contributed by atoms with E-state index in [1.54, 1.807) is 38.5 Å². The first-order valence-corrected chi connectivity index (χ1v) is 8.90. The van der Waals surface area contributed by atoms with Crippen molar-refractivity contribution in [1.82, 2.24) is 24.1 Å². The van der Waals surface area contributed by atoms with Gasteiger partial charge in [-0.1, -0.05) is 0 Å². The van der Waals surface area contributed by atoms with Crippen molar-refractivity contribution in [2.75, 3.05) is 13.2 Å². The molecule has 124 valence electrons. The lowest BCUT2D eigenvalue weighted by molar-refractivity contribution is 0.173. The van der Waals surface area contributed by atoms with Gasteiger partial charge in [0.2, 0.25) is 10.0 Å². The standard InChI is InChI=1S/C14H19N5O3S/c1-11(2)23(20,21)18-8-12-4-7-17-19(12)13(9-18)10-22-14-15-5-3-6-16-14/h3-7,11,13H,8-10H2,1-2H3/t13-/m1/s1. The lowest BCUT2D eigenvalue weighted by Crippen LogP contribution is -2.45. The molecule has 3 heterocycles. The van der Waals surface area contributed by atoms with Crippen LogP contribution in [0.3, 0.4) is 0 Å². The van der Waals surface area contributed by atoms with Crippen LogP contribution in [0, 0.1) is 0 Å². The third kappa shape index (κ3) is 3.20. The number of hydrogen-bond acceptors (Lipinski definition) is 6. The third-order valence-electron chi connectivity index (χ3n) is 3.75. The summed E-state index contributed by atoms with van der Waals surface area (Å²) in [4.78, 5) is 8.02. The largest absolute Gasteiger partial charge is 0.461 e. The summed E-state index contributed by atoms with van der Waals surface area (Å²) >= 11 is 0. The zero-order valence-corrected chi connectivity index (χ0v) is 13.8. The van der Waals surface area contributed by atoms with Gasteiger partial charge in [0.15, 0.2) is 0 Å². The van der Waals surface area contributed by atoms with E-state index in [0.717, 1.165) is 5.69 Å². The van der Waals surface area contributed by atoms with Crippen LogP contribution in [0.5, 0.6) is 6.01 Å². The Labute approximate surface area is 135 Å². The highest BCUT2D eigenvalue weighted by molar-refractivity contribution is 7.89. The number of fused-ring (bicyclic) bond motifs is 1. The highest BCUT2D eigenvalue weighted by atomic mass is 32.2. The number of nitrogens with zero attached hydrogens (tertiary/aromatic N) is 5. The van der Waals surface area contributed by atoms with E-state index in [-0.39, 0.29) is 18.7 Å². The molecule has 0 aromatic carbocycles. The third-order valence-corrected chi connectivity index (χ3v) is 5.94. The number of ether oxygens (including phenoxy) is 1. The molecule has 23 heavy (non-hydrogen) atoms. The average molecular weight is 337 g/mol. The zero-order valence-electron chi connectivity index (χ0n) is 13.0. The molecule has 2 aromatic rings. The molecule has 1 aliphatic heterocycles. The fourth-order valence-electron chi connectivity index (χ4n) is 2.50. The van der Waals surface area contributed by atoms with Crippen molar-refractivity contribution in [3.05, 3.63) is 36.4 Å². The second kappa shape index (κ2) is 6.25. The molecule has 1 aliphatic rings. The predicted octanol–water partition coefficient (Wildman–Crippen LogP) is 0.847. The van der Waals surface area contributed by atoms with Gasteiger partial charge in [-0.3, -0.25) is 4.68 Å². The van der Waals surface area contributed by atoms with Gasteiger partial charge < -0.3 is 4.74 Å². The molecule has 0 saturated heterocycles. The van der Waals surface area contributed by atoms with Gasteiger partial charge in [0.1, 0.15) is 12.6 Å². The minimum atomic E-state index is -3.33. The molecular formula is C14H19N5O3S. The maximum absolute atomic E-state index is 12.5. The summed E-state index contributed by atoms with van der Waals surface area (Å²) in [5, 5.41) is 3.82. The van der Waals surface area contributed by atoms with Crippen LogP contribution in [-0.2, 0) is 16.6 Å². The van der Waals surface area contributed by atoms with Crippen LogP contribution in [0.2, 0.25) is 0 Å². The molecule has 9 heteroatoms. The van der Waals surface area contributed by atoms with Crippen LogP contribution in [0.4, 0.5) is 0 Å². The zero-order chi connectivity index (χ0) is 16.4. The van der Waals surface area contributed by atoms with Gasteiger partial charge in [0.25, 0.3) is 0 Å². The topological polar surface area (TPSA) is 90.2 Å². The van der Waals surface area contributed by atoms with Gasteiger partial charge in [-0.2, -0.15) is 9.40 Å². The summed E-state index contributed by atoms with van der Waals surface area (Å²) in [6.45, 7) is 4.28. The predicted molar refractivity (Wildman–Crippen MR) is 83.3 cm³/mol. The van der Waals surface area contributed by atoms with Crippen molar-refractivity contribution < 1.29 is 13.2 Å². The van der Waals surface area contributed by atoms with Crippen molar-refractivity contribution in [2.45, 2.75) is 31.7 Å². The molecule has 3 rings (SSSR count). The Balaban J connectivity index is 1.79. The van der Waals surface area contributed by atoms with E-state index in [2.05, 4.69) is 15.1 Å². The van der Waals surface area contributed by atoms with E-state index in [0.29, 0.717) is 13.1 Å². The van der Waals surface area contributed by atoms with Gasteiger partial charge in [0.05, 0.1) is 17.5 Å². The molecule has 0 N–H and O–H groups in total. The smallest absolute Gasteiger partial charge is 0.316 e. The van der Waals surface area contributed by atoms with Crippen LogP contribution >= 0.6 is 0 Å². The quantitative estimate of drug-likeness (QED) is 0.803. The van der Waals surface area contributed by atoms with Crippen molar-refractivity contribution >= 4 is 10.0 Å². The lowest BCUT2D eigenvalue weighted by atomic mass is 10.2. The number of aromatic nitrogens is 4. The molecule has 0 fully saturated rings. The van der Waals surface area contributed by atoms with Gasteiger partial charge in [0, 0.05) is 25.1 Å². The average Bonchev–Trinajstić information content (AvgIpc) is 3.02. The molecule has 0 amide bonds. The normalized spacial score (nSPS) is 18.8. The summed E-state index contributed by atoms with van der Waals surface area (Å²) in [6.07, 6.45) is 4.86. The van der Waals surface area contributed by atoms with Crippen molar-refractivity contribution in [1.29, 1.82) is 0 Å². The SMILES string of the molecule is CC(C)S(=O)(=O)N1Cc2ccnn2[C@@H](COc2ncccn2)C1. The van der Waals surface area contributed by atoms with Gasteiger partial charge in [-0.25, -0.2) is 18.4 Å². The molecule has 1 atom stereocenters. The number of sulfonamides is 1. The summed E-state index contributed by atoms with van der Waals surface area (Å²) in [6, 6.07) is 3.58. The van der Waals surface area contributed by atoms with E-state index >= 15 is 0 Å². The molecule has 0 spiro atoms. The molecule has 0 aliphatic carbocycles. The van der Waals surface area contributed by atoms with E-state index in [9.17, 15) is 8.42 Å². The van der Waals surface area contributed by atoms with Gasteiger partial charge in [-0.15, -0.1) is 0 Å². The van der Waals surface area contributed by atoms with Gasteiger partial charge in [-0.05, 0) is 26.0 Å². The number of hydrogen-bond donors (Lipinski definition) is 0. The molecule has 0 unspecified atom stereocenters. The van der Waals surface area contributed by atoms with E-state index in [1.165, 1.54) is 4.31 Å². The number of rotatable bonds is 5. The molecule has 8 nitrogen and oxygen atoms in total. The van der Waals surface area contributed by atoms with Crippen molar-refractivity contribution in [3.63, 3.8) is 0 Å². The molecule has 0 radical (unpaired) electrons. The minimum absolute atomic E-state index is 0.217. The fraction of sp³-hybridized carbons (Fsp3) is 0.500. The first-order valence-electron chi connectivity index (χ1n) is 7.39. The van der Waals surface area contributed by atoms with Crippen LogP contribution in [0.15, 0.2) is 30.7 Å². The Morgan fingerprint density at radius 1 is 1.30 bits per heavy atom. The summed E-state index contributed by atoms with van der Waals surface area (Å²) < 4.78 is 33.8. The minimum Gasteiger partial charge on any atom is -0.461 e. The first-order chi connectivity index (χ1) is 11.0. The molecular weight excluding hydrogens is 318 g/mol. The van der Waals surface area contributed by atoms with Crippen LogP contribution in [-0.4, -0.2) is 50.9 Å². The molecule has 0 bridgehead atoms. The molecule has 2 aromatic heterocycles. The summed E-state index contributed by atoms with van der Waals surface area (Å²) in [5.74, 6) is 0. The maximum Gasteiger partial charge on any atom is 0.316 e. The Bertz CT molecular complexity index is 760. The van der Waals surface area contributed by atoms with E-state index < -0.39 is 15.3 Å². The Hall–Kier alpha value is -2.00. The second-order valence-corrected chi connectivity index (χ2v) is 8.14. The van der Waals surface area contributed by atoms with E-state index in [4.69, 9.17) is 4.74 Å². The highest BCUT2D eigenvalue weighted by Crippen LogP contribution is 2.24. The van der Waals surface area contributed by atoms with Crippen molar-refractivity contribution in [3.8, 4) is 6.01 Å². The molecule has 0 saturated carbocycles. The monoisotopic (exact) mass is 337 g/mol. The fourth-order valence-corrected chi connectivity index (χ4v) is 3.79. The van der Waals surface area contributed by atoms with Gasteiger partial charge >= 0.3 is 6.01 Å². The lowest BCUT2D eigenvalue weighted by Gasteiger charge is -2.33. The van der Waals surface area contributed by atoms with Crippen LogP contribution in [0.25, 0.3) is 0 Å². The maximum atomic E-state index is 12.5. The van der Waals surface area contributed by atoms with Crippen LogP contribution < -0.4 is 4.74 Å². The Morgan fingerprint density at radius 2 is 2.04 bits per heavy atom. The summed E-state index contributed by atoms with van der Waals surface area (Å²) in [5.41, 5.74) is 0.850. The first kappa shape index (κ1) is 15.9. The highest BCUT2D eigenvalue weighted by Gasteiger charge is 2.34. The van der Waals surface area contributed by atoms with E-state index in [1.807, 2.05) is 10.7 Å². The van der Waals surface area contributed by atoms with Crippen LogP contribution in [0.1, 0.15) is 25.6 Å². The summed E-state index contributed by atoms with van der Waals surface area (Å²) in [7, 11) is -3.33. The Kier molecular flexibility index (Phi) is 4.31. The second-order valence-electron chi connectivity index (χ2n) is 5.65. The Morgan fingerprint density at radius 3 is 2.74 bits per heavy atom. The van der Waals surface area contributed by atoms with Crippen molar-refractivity contribution in [2.24, 2.45) is 0 Å².